The lowest BCUT2D eigenvalue weighted by Crippen LogP contribution is -2.40. The van der Waals surface area contributed by atoms with Gasteiger partial charge in [0.1, 0.15) is 0 Å². The summed E-state index contributed by atoms with van der Waals surface area (Å²) in [5.41, 5.74) is 0. The van der Waals surface area contributed by atoms with E-state index in [1.165, 1.54) is 0 Å². The Labute approximate surface area is 95.2 Å². The summed E-state index contributed by atoms with van der Waals surface area (Å²) in [6, 6.07) is -0.335. The number of nitrogens with one attached hydrogen (secondary N) is 1. The van der Waals surface area contributed by atoms with Crippen LogP contribution in [0.2, 0.25) is 0 Å². The van der Waals surface area contributed by atoms with Crippen LogP contribution in [0.1, 0.15) is 19.3 Å². The second-order valence-corrected chi connectivity index (χ2v) is 8.65. The number of sulfone groups is 1. The van der Waals surface area contributed by atoms with E-state index < -0.39 is 24.9 Å². The van der Waals surface area contributed by atoms with Crippen molar-refractivity contribution in [3.8, 4) is 0 Å². The zero-order valence-corrected chi connectivity index (χ0v) is 10.7. The first-order valence-corrected chi connectivity index (χ1v) is 8.66. The Hall–Kier alpha value is 0.150. The van der Waals surface area contributed by atoms with Gasteiger partial charge in [0, 0.05) is 17.7 Å². The Balaban J connectivity index is 2.64. The van der Waals surface area contributed by atoms with Gasteiger partial charge in [0.2, 0.25) is 10.0 Å². The molecule has 0 aromatic heterocycles. The molecule has 1 rings (SSSR count). The number of hydrogen-bond acceptors (Lipinski definition) is 4. The van der Waals surface area contributed by atoms with Crippen molar-refractivity contribution in [3.63, 3.8) is 0 Å². The molecule has 2 atom stereocenters. The van der Waals surface area contributed by atoms with Gasteiger partial charge in [-0.25, -0.2) is 21.6 Å². The summed E-state index contributed by atoms with van der Waals surface area (Å²) in [5, 5.41) is -1.11. The Kier molecular flexibility index (Phi) is 4.02. The molecule has 0 aromatic rings. The van der Waals surface area contributed by atoms with E-state index in [1.54, 1.807) is 0 Å². The largest absolute Gasteiger partial charge is 0.228 e. The zero-order chi connectivity index (χ0) is 11.7. The highest BCUT2D eigenvalue weighted by atomic mass is 35.5. The molecular formula is C7H14ClNO4S2. The van der Waals surface area contributed by atoms with Crippen molar-refractivity contribution in [2.24, 2.45) is 0 Å². The highest BCUT2D eigenvalue weighted by molar-refractivity contribution is 8.06. The van der Waals surface area contributed by atoms with Gasteiger partial charge in [-0.05, 0) is 12.8 Å². The molecule has 1 fully saturated rings. The van der Waals surface area contributed by atoms with E-state index in [0.717, 1.165) is 19.1 Å². The molecule has 8 heteroatoms. The standard InChI is InChI=1S/C7H14ClNO4S2/c1-14(10,11)5-15(12,13)9-7-4-2-3-6(7)8/h6-7,9H,2-5H2,1H3. The summed E-state index contributed by atoms with van der Waals surface area (Å²) in [4.78, 5) is 0. The molecular weight excluding hydrogens is 262 g/mol. The van der Waals surface area contributed by atoms with E-state index in [0.29, 0.717) is 6.42 Å². The van der Waals surface area contributed by atoms with Crippen LogP contribution in [0.3, 0.4) is 0 Å². The minimum absolute atomic E-state index is 0.237. The molecule has 15 heavy (non-hydrogen) atoms. The molecule has 0 saturated heterocycles. The highest BCUT2D eigenvalue weighted by Gasteiger charge is 2.30. The molecule has 0 bridgehead atoms. The predicted octanol–water partition coefficient (Wildman–Crippen LogP) is 0.0678. The lowest BCUT2D eigenvalue weighted by Gasteiger charge is -2.15. The third-order valence-corrected chi connectivity index (χ3v) is 6.27. The lowest BCUT2D eigenvalue weighted by molar-refractivity contribution is 0.555. The van der Waals surface area contributed by atoms with E-state index in [2.05, 4.69) is 4.72 Å². The van der Waals surface area contributed by atoms with Crippen LogP contribution >= 0.6 is 11.6 Å². The molecule has 0 amide bonds. The molecule has 1 aliphatic rings. The Bertz CT molecular complexity index is 416. The molecule has 0 radical (unpaired) electrons. The van der Waals surface area contributed by atoms with E-state index in [4.69, 9.17) is 11.6 Å². The molecule has 90 valence electrons. The molecule has 2 unspecified atom stereocenters. The quantitative estimate of drug-likeness (QED) is 0.736. The Morgan fingerprint density at radius 3 is 2.27 bits per heavy atom. The molecule has 0 aromatic carbocycles. The predicted molar refractivity (Wildman–Crippen MR) is 59.0 cm³/mol. The minimum atomic E-state index is -3.78. The van der Waals surface area contributed by atoms with Crippen LogP contribution in [0, 0.1) is 0 Å². The summed E-state index contributed by atoms with van der Waals surface area (Å²) in [6.07, 6.45) is 3.17. The van der Waals surface area contributed by atoms with Gasteiger partial charge in [0.15, 0.2) is 14.9 Å². The van der Waals surface area contributed by atoms with Gasteiger partial charge in [-0.2, -0.15) is 0 Å². The van der Waals surface area contributed by atoms with E-state index in [9.17, 15) is 16.8 Å². The first-order valence-electron chi connectivity index (χ1n) is 4.51. The molecule has 1 saturated carbocycles. The van der Waals surface area contributed by atoms with Crippen LogP contribution < -0.4 is 4.72 Å². The van der Waals surface area contributed by atoms with Gasteiger partial charge in [0.25, 0.3) is 0 Å². The van der Waals surface area contributed by atoms with Gasteiger partial charge in [-0.15, -0.1) is 11.6 Å². The van der Waals surface area contributed by atoms with Gasteiger partial charge >= 0.3 is 0 Å². The molecule has 0 spiro atoms. The molecule has 0 aliphatic heterocycles. The van der Waals surface area contributed by atoms with Gasteiger partial charge in [-0.3, -0.25) is 0 Å². The molecule has 1 N–H and O–H groups in total. The monoisotopic (exact) mass is 275 g/mol. The first kappa shape index (κ1) is 13.2. The van der Waals surface area contributed by atoms with Crippen LogP contribution in [-0.4, -0.2) is 39.6 Å². The van der Waals surface area contributed by atoms with Crippen molar-refractivity contribution in [3.05, 3.63) is 0 Å². The van der Waals surface area contributed by atoms with Crippen molar-refractivity contribution in [2.75, 3.05) is 11.3 Å². The average Bonchev–Trinajstić information content (AvgIpc) is 2.29. The summed E-state index contributed by atoms with van der Waals surface area (Å²) in [7, 11) is -7.31. The lowest BCUT2D eigenvalue weighted by atomic mass is 10.3. The summed E-state index contributed by atoms with van der Waals surface area (Å²) in [5.74, 6) is 0. The summed E-state index contributed by atoms with van der Waals surface area (Å²) >= 11 is 5.88. The van der Waals surface area contributed by atoms with Gasteiger partial charge in [-0.1, -0.05) is 6.42 Å². The summed E-state index contributed by atoms with van der Waals surface area (Å²) < 4.78 is 46.8. The number of rotatable bonds is 4. The second-order valence-electron chi connectivity index (χ2n) is 3.83. The number of alkyl halides is 1. The van der Waals surface area contributed by atoms with Crippen LogP contribution in [0.4, 0.5) is 0 Å². The maximum absolute atomic E-state index is 11.4. The van der Waals surface area contributed by atoms with Crippen molar-refractivity contribution in [1.29, 1.82) is 0 Å². The van der Waals surface area contributed by atoms with Crippen molar-refractivity contribution < 1.29 is 16.8 Å². The SMILES string of the molecule is CS(=O)(=O)CS(=O)(=O)NC1CCCC1Cl. The Morgan fingerprint density at radius 1 is 1.27 bits per heavy atom. The van der Waals surface area contributed by atoms with Crippen molar-refractivity contribution in [1.82, 2.24) is 4.72 Å². The normalized spacial score (nSPS) is 28.1. The third-order valence-electron chi connectivity index (χ3n) is 2.13. The third kappa shape index (κ3) is 4.67. The van der Waals surface area contributed by atoms with E-state index in [-0.39, 0.29) is 11.4 Å². The van der Waals surface area contributed by atoms with Gasteiger partial charge < -0.3 is 0 Å². The topological polar surface area (TPSA) is 80.3 Å². The van der Waals surface area contributed by atoms with Crippen LogP contribution in [0.5, 0.6) is 0 Å². The highest BCUT2D eigenvalue weighted by Crippen LogP contribution is 2.24. The molecule has 0 heterocycles. The van der Waals surface area contributed by atoms with Gasteiger partial charge in [0.05, 0.1) is 0 Å². The number of sulfonamides is 1. The fourth-order valence-corrected chi connectivity index (χ4v) is 5.28. The Morgan fingerprint density at radius 2 is 1.87 bits per heavy atom. The smallest absolute Gasteiger partial charge is 0.226 e. The maximum atomic E-state index is 11.4. The van der Waals surface area contributed by atoms with E-state index >= 15 is 0 Å². The fraction of sp³-hybridized carbons (Fsp3) is 1.00. The van der Waals surface area contributed by atoms with Crippen molar-refractivity contribution in [2.45, 2.75) is 30.7 Å². The average molecular weight is 276 g/mol. The van der Waals surface area contributed by atoms with Crippen molar-refractivity contribution >= 4 is 31.5 Å². The first-order chi connectivity index (χ1) is 6.70. The number of hydrogen-bond donors (Lipinski definition) is 1. The van der Waals surface area contributed by atoms with E-state index in [1.807, 2.05) is 0 Å². The fourth-order valence-electron chi connectivity index (χ4n) is 1.59. The van der Waals surface area contributed by atoms with Crippen LogP contribution in [-0.2, 0) is 19.9 Å². The second kappa shape index (κ2) is 4.57. The maximum Gasteiger partial charge on any atom is 0.226 e. The zero-order valence-electron chi connectivity index (χ0n) is 8.31. The summed E-state index contributed by atoms with van der Waals surface area (Å²) in [6.45, 7) is 0. The van der Waals surface area contributed by atoms with Crippen LogP contribution in [0.25, 0.3) is 0 Å². The number of halogens is 1. The molecule has 1 aliphatic carbocycles. The minimum Gasteiger partial charge on any atom is -0.228 e. The van der Waals surface area contributed by atoms with Crippen LogP contribution in [0.15, 0.2) is 0 Å². The molecule has 5 nitrogen and oxygen atoms in total.